The third-order valence-corrected chi connectivity index (χ3v) is 10.7. The van der Waals surface area contributed by atoms with Gasteiger partial charge in [-0.1, -0.05) is 136 Å². The highest BCUT2D eigenvalue weighted by Crippen LogP contribution is 2.48. The summed E-state index contributed by atoms with van der Waals surface area (Å²) in [6, 6.07) is 34.1. The molecule has 2 aromatic heterocycles. The zero-order valence-electron chi connectivity index (χ0n) is 42.2. The fraction of sp³-hybridized carbons (Fsp3) is 0.113. The summed E-state index contributed by atoms with van der Waals surface area (Å²) in [5.74, 6) is 2.06. The SMILES string of the molecule is [2H]c1c([2H])c([2H])c(-c2cccc(-c3c([2H])c([2H])c([2H])c([2H])c3[2H])c2N2CCN(c3cccc(Oc4ccc5c6ccccc6n(-c6cc(C(C)(C)C)ccn6)c5c4)c3)c3ccccc32)c([2H])c1[2H]. The molecule has 0 unspecified atom stereocenters. The summed E-state index contributed by atoms with van der Waals surface area (Å²) >= 11 is 0. The lowest BCUT2D eigenvalue weighted by molar-refractivity contribution is 0.483. The smallest absolute Gasteiger partial charge is 0.137 e. The lowest BCUT2D eigenvalue weighted by Crippen LogP contribution is -2.36. The van der Waals surface area contributed by atoms with E-state index in [0.717, 1.165) is 39.0 Å². The molecule has 0 radical (unpaired) electrons. The van der Waals surface area contributed by atoms with E-state index in [1.165, 1.54) is 5.56 Å². The van der Waals surface area contributed by atoms with Gasteiger partial charge >= 0.3 is 0 Å². The predicted molar refractivity (Wildman–Crippen MR) is 242 cm³/mol. The number of benzene rings is 7. The number of hydrogen-bond acceptors (Lipinski definition) is 4. The quantitative estimate of drug-likeness (QED) is 0.162. The first-order chi connectivity index (χ1) is 32.5. The Bertz CT molecular complexity index is 3380. The summed E-state index contributed by atoms with van der Waals surface area (Å²) in [5.41, 5.74) is 6.07. The molecule has 0 aliphatic carbocycles. The molecule has 5 nitrogen and oxygen atoms in total. The van der Waals surface area contributed by atoms with E-state index in [4.69, 9.17) is 23.4 Å². The zero-order chi connectivity index (χ0) is 47.9. The molecule has 0 saturated heterocycles. The van der Waals surface area contributed by atoms with Crippen LogP contribution in [-0.2, 0) is 5.41 Å². The minimum absolute atomic E-state index is 0.0708. The van der Waals surface area contributed by atoms with Gasteiger partial charge in [-0.3, -0.25) is 4.57 Å². The number of rotatable bonds is 7. The molecular formula is C53H44N4O. The van der Waals surface area contributed by atoms with Crippen LogP contribution in [0.4, 0.5) is 22.7 Å². The Kier molecular flexibility index (Phi) is 6.45. The van der Waals surface area contributed by atoms with Gasteiger partial charge in [0.2, 0.25) is 0 Å². The summed E-state index contributed by atoms with van der Waals surface area (Å²) < 4.78 is 95.7. The molecule has 0 bridgehead atoms. The topological polar surface area (TPSA) is 33.5 Å². The molecule has 0 atom stereocenters. The summed E-state index contributed by atoms with van der Waals surface area (Å²) in [5, 5.41) is 2.18. The Hall–Kier alpha value is -7.11. The minimum Gasteiger partial charge on any atom is -0.457 e. The zero-order valence-corrected chi connectivity index (χ0v) is 32.2. The highest BCUT2D eigenvalue weighted by molar-refractivity contribution is 6.09. The van der Waals surface area contributed by atoms with Crippen LogP contribution in [0.15, 0.2) is 188 Å². The molecular weight excluding hydrogens is 709 g/mol. The highest BCUT2D eigenvalue weighted by atomic mass is 16.5. The molecule has 0 N–H and O–H groups in total. The number of para-hydroxylation sites is 4. The molecule has 3 heterocycles. The van der Waals surface area contributed by atoms with Crippen molar-refractivity contribution in [2.75, 3.05) is 22.9 Å². The van der Waals surface area contributed by atoms with Gasteiger partial charge < -0.3 is 14.5 Å². The lowest BCUT2D eigenvalue weighted by Gasteiger charge is -2.40. The fourth-order valence-corrected chi connectivity index (χ4v) is 7.99. The molecule has 0 saturated carbocycles. The maximum atomic E-state index is 9.00. The Morgan fingerprint density at radius 2 is 1.19 bits per heavy atom. The third-order valence-electron chi connectivity index (χ3n) is 10.7. The van der Waals surface area contributed by atoms with Crippen LogP contribution in [0.25, 0.3) is 49.9 Å². The van der Waals surface area contributed by atoms with Gasteiger partial charge in [0.25, 0.3) is 0 Å². The number of nitrogens with zero attached hydrogens (tertiary/aromatic N) is 4. The molecule has 9 aromatic rings. The van der Waals surface area contributed by atoms with Crippen molar-refractivity contribution in [2.45, 2.75) is 26.2 Å². The van der Waals surface area contributed by atoms with Crippen LogP contribution in [0.1, 0.15) is 40.0 Å². The van der Waals surface area contributed by atoms with Gasteiger partial charge in [-0.05, 0) is 76.7 Å². The van der Waals surface area contributed by atoms with Crippen LogP contribution in [0, 0.1) is 0 Å². The molecule has 5 heteroatoms. The van der Waals surface area contributed by atoms with Crippen molar-refractivity contribution in [3.8, 4) is 39.6 Å². The number of aromatic nitrogens is 2. The molecule has 282 valence electrons. The fourth-order valence-electron chi connectivity index (χ4n) is 7.99. The molecule has 0 amide bonds. The van der Waals surface area contributed by atoms with Gasteiger partial charge in [0.1, 0.15) is 17.3 Å². The van der Waals surface area contributed by atoms with Crippen LogP contribution in [-0.4, -0.2) is 22.6 Å². The Balaban J connectivity index is 1.07. The Morgan fingerprint density at radius 3 is 1.91 bits per heavy atom. The van der Waals surface area contributed by atoms with Crippen molar-refractivity contribution in [2.24, 2.45) is 0 Å². The number of anilines is 4. The van der Waals surface area contributed by atoms with Gasteiger partial charge in [-0.15, -0.1) is 0 Å². The summed E-state index contributed by atoms with van der Waals surface area (Å²) in [6.07, 6.45) is 1.86. The number of pyridine rings is 1. The molecule has 10 rings (SSSR count). The van der Waals surface area contributed by atoms with Crippen LogP contribution in [0.5, 0.6) is 11.5 Å². The normalized spacial score (nSPS) is 15.3. The number of hydrogen-bond donors (Lipinski definition) is 0. The van der Waals surface area contributed by atoms with E-state index in [-0.39, 0.29) is 34.2 Å². The van der Waals surface area contributed by atoms with Gasteiger partial charge in [0.15, 0.2) is 0 Å². The van der Waals surface area contributed by atoms with Gasteiger partial charge in [0.05, 0.1) is 41.8 Å². The van der Waals surface area contributed by atoms with Crippen LogP contribution >= 0.6 is 0 Å². The van der Waals surface area contributed by atoms with Crippen molar-refractivity contribution in [3.63, 3.8) is 0 Å². The van der Waals surface area contributed by atoms with Crippen molar-refractivity contribution < 1.29 is 18.4 Å². The molecule has 7 aromatic carbocycles. The second kappa shape index (κ2) is 14.4. The second-order valence-electron chi connectivity index (χ2n) is 15.3. The summed E-state index contributed by atoms with van der Waals surface area (Å²) in [6.45, 7) is 7.24. The Labute approximate surface area is 354 Å². The first-order valence-electron chi connectivity index (χ1n) is 24.2. The molecule has 1 aliphatic rings. The van der Waals surface area contributed by atoms with Crippen LogP contribution in [0.2, 0.25) is 0 Å². The van der Waals surface area contributed by atoms with Gasteiger partial charge in [-0.25, -0.2) is 4.98 Å². The second-order valence-corrected chi connectivity index (χ2v) is 15.3. The third kappa shape index (κ3) is 6.35. The first kappa shape index (κ1) is 25.9. The largest absolute Gasteiger partial charge is 0.457 e. The van der Waals surface area contributed by atoms with Crippen LogP contribution < -0.4 is 14.5 Å². The monoisotopic (exact) mass is 762 g/mol. The van der Waals surface area contributed by atoms with Gasteiger partial charge in [0, 0.05) is 59.0 Å². The minimum atomic E-state index is -0.542. The van der Waals surface area contributed by atoms with Crippen molar-refractivity contribution in [1.82, 2.24) is 9.55 Å². The maximum absolute atomic E-state index is 9.00. The molecule has 0 spiro atoms. The molecule has 58 heavy (non-hydrogen) atoms. The van der Waals surface area contributed by atoms with E-state index in [2.05, 4.69) is 60.6 Å². The lowest BCUT2D eigenvalue weighted by atomic mass is 9.88. The maximum Gasteiger partial charge on any atom is 0.137 e. The standard InChI is InChI=1S/C53H44N4O/c1-53(2,3)39-30-31-54-51(34-39)57-47-25-11-10-22-45(47)46-29-28-42(36-50(46)57)58-41-21-14-20-40(35-41)55-32-33-56(49-27-13-12-26-48(49)55)52-43(37-16-6-4-7-17-37)23-15-24-44(52)38-18-8-5-9-19-38/h4-31,34-36H,32-33H2,1-3H3/i4D,5D,6D,7D,8D,9D,16D,17D,18D,19D. The molecule has 1 aliphatic heterocycles. The van der Waals surface area contributed by atoms with Crippen molar-refractivity contribution >= 4 is 44.6 Å². The average molecular weight is 763 g/mol. The van der Waals surface area contributed by atoms with E-state index < -0.39 is 60.4 Å². The first-order valence-corrected chi connectivity index (χ1v) is 19.2. The van der Waals surface area contributed by atoms with E-state index in [1.54, 1.807) is 18.2 Å². The van der Waals surface area contributed by atoms with E-state index >= 15 is 0 Å². The number of ether oxygens (including phenoxy) is 1. The van der Waals surface area contributed by atoms with E-state index in [1.807, 2.05) is 83.9 Å². The number of fused-ring (bicyclic) bond motifs is 4. The van der Waals surface area contributed by atoms with Crippen LogP contribution in [0.3, 0.4) is 0 Å². The van der Waals surface area contributed by atoms with Crippen molar-refractivity contribution in [3.05, 3.63) is 194 Å². The Morgan fingerprint density at radius 1 is 0.569 bits per heavy atom. The van der Waals surface area contributed by atoms with Gasteiger partial charge in [-0.2, -0.15) is 0 Å². The molecule has 0 fully saturated rings. The summed E-state index contributed by atoms with van der Waals surface area (Å²) in [7, 11) is 0. The highest BCUT2D eigenvalue weighted by Gasteiger charge is 2.28. The average Bonchev–Trinajstić information content (AvgIpc) is 3.67. The summed E-state index contributed by atoms with van der Waals surface area (Å²) in [4.78, 5) is 8.91. The van der Waals surface area contributed by atoms with E-state index in [9.17, 15) is 0 Å². The van der Waals surface area contributed by atoms with Crippen molar-refractivity contribution in [1.29, 1.82) is 0 Å². The predicted octanol–water partition coefficient (Wildman–Crippen LogP) is 13.9. The van der Waals surface area contributed by atoms with E-state index in [0.29, 0.717) is 29.4 Å².